The molecule has 82 valence electrons. The van der Waals surface area contributed by atoms with Crippen molar-refractivity contribution in [3.05, 3.63) is 23.2 Å². The van der Waals surface area contributed by atoms with E-state index in [4.69, 9.17) is 9.47 Å². The Labute approximate surface area is 89.8 Å². The van der Waals surface area contributed by atoms with E-state index in [1.165, 1.54) is 5.57 Å². The van der Waals surface area contributed by atoms with Crippen molar-refractivity contribution in [3.63, 3.8) is 0 Å². The summed E-state index contributed by atoms with van der Waals surface area (Å²) in [7, 11) is 3.30. The van der Waals surface area contributed by atoms with E-state index < -0.39 is 0 Å². The minimum absolute atomic E-state index is 0.341. The smallest absolute Gasteiger partial charge is 0.156 e. The molecule has 3 heteroatoms. The Balaban J connectivity index is 2.26. The molecule has 0 aromatic carbocycles. The number of carbonyl (C=O) groups excluding carboxylic acids is 1. The predicted molar refractivity (Wildman–Crippen MR) is 56.1 cm³/mol. The molecule has 0 aliphatic heterocycles. The molecule has 0 amide bonds. The fraction of sp³-hybridized carbons (Fsp3) is 0.583. The van der Waals surface area contributed by atoms with E-state index in [9.17, 15) is 4.79 Å². The van der Waals surface area contributed by atoms with Crippen LogP contribution in [0.5, 0.6) is 0 Å². The van der Waals surface area contributed by atoms with Crippen molar-refractivity contribution in [1.82, 2.24) is 0 Å². The van der Waals surface area contributed by atoms with Crippen LogP contribution in [0.2, 0.25) is 0 Å². The van der Waals surface area contributed by atoms with Crippen LogP contribution in [0, 0.1) is 5.92 Å². The topological polar surface area (TPSA) is 35.5 Å². The Morgan fingerprint density at radius 2 is 2.13 bits per heavy atom. The van der Waals surface area contributed by atoms with Crippen LogP contribution in [0.25, 0.3) is 0 Å². The number of ketones is 1. The van der Waals surface area contributed by atoms with Gasteiger partial charge in [-0.05, 0) is 18.4 Å². The van der Waals surface area contributed by atoms with E-state index in [1.54, 1.807) is 14.2 Å². The first-order valence-corrected chi connectivity index (χ1v) is 5.28. The van der Waals surface area contributed by atoms with Gasteiger partial charge in [0.2, 0.25) is 0 Å². The summed E-state index contributed by atoms with van der Waals surface area (Å²) in [6.07, 6.45) is 5.10. The quantitative estimate of drug-likeness (QED) is 0.697. The molecular weight excluding hydrogens is 192 g/mol. The number of fused-ring (bicyclic) bond motifs is 1. The molecule has 0 bridgehead atoms. The van der Waals surface area contributed by atoms with E-state index in [0.717, 1.165) is 24.4 Å². The Kier molecular flexibility index (Phi) is 2.80. The van der Waals surface area contributed by atoms with Crippen molar-refractivity contribution in [2.75, 3.05) is 14.2 Å². The standard InChI is InChI=1S/C12H16O3/c1-14-11-6-8-3-4-10(13)5-9(8)7-12(11)15-2/h7-8H,3-6H2,1-2H3. The van der Waals surface area contributed by atoms with Crippen molar-refractivity contribution in [2.24, 2.45) is 5.92 Å². The van der Waals surface area contributed by atoms with Crippen LogP contribution in [0.4, 0.5) is 0 Å². The van der Waals surface area contributed by atoms with E-state index in [1.807, 2.05) is 6.08 Å². The van der Waals surface area contributed by atoms with Gasteiger partial charge in [-0.15, -0.1) is 0 Å². The van der Waals surface area contributed by atoms with Crippen molar-refractivity contribution in [1.29, 1.82) is 0 Å². The molecule has 2 aliphatic carbocycles. The molecule has 0 saturated heterocycles. The Morgan fingerprint density at radius 3 is 2.80 bits per heavy atom. The van der Waals surface area contributed by atoms with E-state index in [2.05, 4.69) is 0 Å². The summed E-state index contributed by atoms with van der Waals surface area (Å²) >= 11 is 0. The molecule has 0 heterocycles. The molecule has 1 unspecified atom stereocenters. The summed E-state index contributed by atoms with van der Waals surface area (Å²) in [4.78, 5) is 11.3. The van der Waals surface area contributed by atoms with E-state index in [-0.39, 0.29) is 0 Å². The summed E-state index contributed by atoms with van der Waals surface area (Å²) in [5.41, 5.74) is 1.21. The zero-order valence-electron chi connectivity index (χ0n) is 9.21. The van der Waals surface area contributed by atoms with E-state index >= 15 is 0 Å². The van der Waals surface area contributed by atoms with Gasteiger partial charge in [0.15, 0.2) is 5.76 Å². The average Bonchev–Trinajstić information content (AvgIpc) is 2.27. The maximum atomic E-state index is 11.3. The lowest BCUT2D eigenvalue weighted by molar-refractivity contribution is -0.119. The number of hydrogen-bond donors (Lipinski definition) is 0. The Morgan fingerprint density at radius 1 is 1.33 bits per heavy atom. The van der Waals surface area contributed by atoms with Crippen LogP contribution in [0.3, 0.4) is 0 Å². The molecule has 3 nitrogen and oxygen atoms in total. The average molecular weight is 208 g/mol. The van der Waals surface area contributed by atoms with Gasteiger partial charge in [-0.25, -0.2) is 0 Å². The molecule has 0 N–H and O–H groups in total. The second-order valence-electron chi connectivity index (χ2n) is 4.07. The molecule has 0 aromatic heterocycles. The highest BCUT2D eigenvalue weighted by molar-refractivity contribution is 5.82. The second-order valence-corrected chi connectivity index (χ2v) is 4.07. The lowest BCUT2D eigenvalue weighted by atomic mass is 9.78. The molecule has 1 saturated carbocycles. The van der Waals surface area contributed by atoms with Gasteiger partial charge in [-0.3, -0.25) is 4.79 Å². The number of Topliss-reactive ketones (excluding diaryl/α,β-unsaturated/α-hetero) is 1. The minimum atomic E-state index is 0.341. The largest absolute Gasteiger partial charge is 0.497 e. The number of hydrogen-bond acceptors (Lipinski definition) is 3. The summed E-state index contributed by atoms with van der Waals surface area (Å²) in [5, 5.41) is 0. The highest BCUT2D eigenvalue weighted by atomic mass is 16.5. The summed E-state index contributed by atoms with van der Waals surface area (Å²) in [6, 6.07) is 0. The third-order valence-electron chi connectivity index (χ3n) is 3.19. The van der Waals surface area contributed by atoms with Gasteiger partial charge >= 0.3 is 0 Å². The number of allylic oxidation sites excluding steroid dienone is 3. The molecule has 0 radical (unpaired) electrons. The fourth-order valence-electron chi connectivity index (χ4n) is 2.31. The molecule has 1 fully saturated rings. The van der Waals surface area contributed by atoms with Gasteiger partial charge in [0, 0.05) is 19.3 Å². The molecule has 2 aliphatic rings. The van der Waals surface area contributed by atoms with Gasteiger partial charge in [0.25, 0.3) is 0 Å². The predicted octanol–water partition coefficient (Wildman–Crippen LogP) is 2.19. The molecular formula is C12H16O3. The minimum Gasteiger partial charge on any atom is -0.497 e. The first-order valence-electron chi connectivity index (χ1n) is 5.28. The van der Waals surface area contributed by atoms with Crippen molar-refractivity contribution < 1.29 is 14.3 Å². The van der Waals surface area contributed by atoms with Crippen LogP contribution in [0.1, 0.15) is 25.7 Å². The van der Waals surface area contributed by atoms with Crippen molar-refractivity contribution in [2.45, 2.75) is 25.7 Å². The van der Waals surface area contributed by atoms with Crippen LogP contribution < -0.4 is 0 Å². The zero-order valence-corrected chi connectivity index (χ0v) is 9.21. The van der Waals surface area contributed by atoms with Crippen LogP contribution in [-0.2, 0) is 14.3 Å². The van der Waals surface area contributed by atoms with Crippen molar-refractivity contribution in [3.8, 4) is 0 Å². The summed E-state index contributed by atoms with van der Waals surface area (Å²) in [6.45, 7) is 0. The monoisotopic (exact) mass is 208 g/mol. The maximum Gasteiger partial charge on any atom is 0.156 e. The molecule has 0 spiro atoms. The number of rotatable bonds is 2. The van der Waals surface area contributed by atoms with Gasteiger partial charge < -0.3 is 9.47 Å². The summed E-state index contributed by atoms with van der Waals surface area (Å²) < 4.78 is 10.5. The third-order valence-corrected chi connectivity index (χ3v) is 3.19. The lowest BCUT2D eigenvalue weighted by Crippen LogP contribution is -2.21. The highest BCUT2D eigenvalue weighted by Gasteiger charge is 2.29. The molecule has 1 atom stereocenters. The van der Waals surface area contributed by atoms with Crippen LogP contribution >= 0.6 is 0 Å². The number of carbonyl (C=O) groups is 1. The molecule has 0 aromatic rings. The first-order chi connectivity index (χ1) is 7.24. The van der Waals surface area contributed by atoms with E-state index in [0.29, 0.717) is 24.5 Å². The maximum absolute atomic E-state index is 11.3. The first kappa shape index (κ1) is 10.3. The van der Waals surface area contributed by atoms with Gasteiger partial charge in [0.05, 0.1) is 14.2 Å². The Hall–Kier alpha value is -1.25. The number of methoxy groups -OCH3 is 2. The molecule has 15 heavy (non-hydrogen) atoms. The fourth-order valence-corrected chi connectivity index (χ4v) is 2.31. The zero-order chi connectivity index (χ0) is 10.8. The van der Waals surface area contributed by atoms with Gasteiger partial charge in [0.1, 0.15) is 11.5 Å². The van der Waals surface area contributed by atoms with Gasteiger partial charge in [-0.2, -0.15) is 0 Å². The second kappa shape index (κ2) is 4.09. The third kappa shape index (κ3) is 1.91. The van der Waals surface area contributed by atoms with Crippen molar-refractivity contribution >= 4 is 5.78 Å². The highest BCUT2D eigenvalue weighted by Crippen LogP contribution is 2.37. The van der Waals surface area contributed by atoms with Gasteiger partial charge in [-0.1, -0.05) is 5.57 Å². The normalized spacial score (nSPS) is 25.9. The number of ether oxygens (including phenoxy) is 2. The Bertz CT molecular complexity index is 339. The molecule has 2 rings (SSSR count). The van der Waals surface area contributed by atoms with Crippen LogP contribution in [-0.4, -0.2) is 20.0 Å². The lowest BCUT2D eigenvalue weighted by Gasteiger charge is -2.29. The summed E-state index contributed by atoms with van der Waals surface area (Å²) in [5.74, 6) is 2.50. The SMILES string of the molecule is COC1=C(OC)CC2CCC(=O)CC2=C1. The van der Waals surface area contributed by atoms with Crippen LogP contribution in [0.15, 0.2) is 23.2 Å².